The van der Waals surface area contributed by atoms with Crippen LogP contribution < -0.4 is 15.4 Å². The number of nitrogens with zero attached hydrogens (tertiary/aromatic N) is 2. The Morgan fingerprint density at radius 2 is 1.96 bits per heavy atom. The molecular weight excluding hydrogens is 383 g/mol. The van der Waals surface area contributed by atoms with E-state index in [2.05, 4.69) is 25.2 Å². The third kappa shape index (κ3) is 6.80. The molecule has 0 spiro atoms. The van der Waals surface area contributed by atoms with Gasteiger partial charge in [0.25, 0.3) is 0 Å². The van der Waals surface area contributed by atoms with Gasteiger partial charge in [-0.25, -0.2) is 4.68 Å². The summed E-state index contributed by atoms with van der Waals surface area (Å²) in [6, 6.07) is 5.94. The molecule has 0 aliphatic heterocycles. The molecule has 6 nitrogen and oxygen atoms in total. The molecule has 2 rings (SSSR count). The number of benzene rings is 1. The third-order valence-corrected chi connectivity index (χ3v) is 2.94. The minimum atomic E-state index is -4.42. The van der Waals surface area contributed by atoms with E-state index in [0.717, 1.165) is 4.68 Å². The van der Waals surface area contributed by atoms with E-state index in [1.54, 1.807) is 6.07 Å². The minimum Gasteiger partial charge on any atom is -0.433 e. The first-order chi connectivity index (χ1) is 12.2. The lowest BCUT2D eigenvalue weighted by molar-refractivity contribution is -0.182. The fourth-order valence-electron chi connectivity index (χ4n) is 1.81. The zero-order valence-corrected chi connectivity index (χ0v) is 13.8. The Bertz CT molecular complexity index is 738. The molecule has 1 heterocycles. The second-order valence-corrected chi connectivity index (χ2v) is 5.22. The van der Waals surface area contributed by atoms with Gasteiger partial charge >= 0.3 is 12.8 Å². The van der Waals surface area contributed by atoms with Gasteiger partial charge in [-0.15, -0.1) is 0 Å². The number of nitrogens with one attached hydrogen (secondary N) is 2. The zero-order chi connectivity index (χ0) is 19.2. The molecule has 0 fully saturated rings. The number of para-hydroxylation sites is 2. The number of ether oxygens (including phenoxy) is 2. The van der Waals surface area contributed by atoms with Crippen LogP contribution in [0.4, 0.5) is 33.3 Å². The largest absolute Gasteiger partial charge is 0.433 e. The summed E-state index contributed by atoms with van der Waals surface area (Å²) in [5.41, 5.74) is 0.580. The first kappa shape index (κ1) is 19.8. The smallest absolute Gasteiger partial charge is 0.411 e. The lowest BCUT2D eigenvalue weighted by Gasteiger charge is -2.13. The van der Waals surface area contributed by atoms with Crippen LogP contribution in [0.2, 0.25) is 0 Å². The number of halogens is 5. The van der Waals surface area contributed by atoms with E-state index in [-0.39, 0.29) is 16.5 Å². The number of aromatic nitrogens is 2. The van der Waals surface area contributed by atoms with E-state index in [0.29, 0.717) is 5.69 Å². The molecule has 0 aliphatic carbocycles. The van der Waals surface area contributed by atoms with Crippen molar-refractivity contribution >= 4 is 28.7 Å². The number of alkyl halides is 5. The second-order valence-electron chi connectivity index (χ2n) is 4.82. The van der Waals surface area contributed by atoms with Gasteiger partial charge in [0.1, 0.15) is 19.1 Å². The van der Waals surface area contributed by atoms with Crippen molar-refractivity contribution in [3.05, 3.63) is 36.7 Å². The average molecular weight is 396 g/mol. The topological polar surface area (TPSA) is 60.3 Å². The van der Waals surface area contributed by atoms with Crippen molar-refractivity contribution in [1.82, 2.24) is 9.78 Å². The minimum absolute atomic E-state index is 0.0473. The van der Waals surface area contributed by atoms with Crippen molar-refractivity contribution in [1.29, 1.82) is 0 Å². The summed E-state index contributed by atoms with van der Waals surface area (Å²) in [7, 11) is 0. The summed E-state index contributed by atoms with van der Waals surface area (Å²) in [4.78, 5) is 0. The van der Waals surface area contributed by atoms with Gasteiger partial charge in [-0.2, -0.15) is 27.1 Å². The lowest BCUT2D eigenvalue weighted by Crippen LogP contribution is -2.20. The fraction of sp³-hybridized carbons (Fsp3) is 0.286. The number of hydrogen-bond acceptors (Lipinski definition) is 4. The van der Waals surface area contributed by atoms with Crippen LogP contribution in [0.5, 0.6) is 5.75 Å². The standard InChI is InChI=1S/C14H13F5N4O2S/c15-12(16)25-11-4-2-1-3-10(11)22-13(26)21-9-5-20-23(6-9)8-24-7-14(17,18)19/h1-6,12H,7-8H2,(H2,21,22,26). The van der Waals surface area contributed by atoms with E-state index < -0.39 is 26.1 Å². The highest BCUT2D eigenvalue weighted by molar-refractivity contribution is 7.80. The van der Waals surface area contributed by atoms with Gasteiger partial charge in [0.05, 0.1) is 23.8 Å². The molecule has 12 heteroatoms. The Balaban J connectivity index is 1.89. The van der Waals surface area contributed by atoms with E-state index in [1.807, 2.05) is 0 Å². The van der Waals surface area contributed by atoms with Gasteiger partial charge in [-0.3, -0.25) is 0 Å². The molecule has 0 saturated carbocycles. The number of rotatable bonds is 7. The van der Waals surface area contributed by atoms with Gasteiger partial charge in [0, 0.05) is 0 Å². The van der Waals surface area contributed by atoms with Crippen LogP contribution in [0, 0.1) is 0 Å². The summed E-state index contributed by atoms with van der Waals surface area (Å²) in [6.07, 6.45) is -1.74. The van der Waals surface area contributed by atoms with Crippen molar-refractivity contribution in [3.8, 4) is 5.75 Å². The van der Waals surface area contributed by atoms with Crippen LogP contribution in [0.1, 0.15) is 0 Å². The molecule has 0 bridgehead atoms. The zero-order valence-electron chi connectivity index (χ0n) is 13.0. The van der Waals surface area contributed by atoms with Crippen LogP contribution in [0.3, 0.4) is 0 Å². The molecule has 2 N–H and O–H groups in total. The highest BCUT2D eigenvalue weighted by Crippen LogP contribution is 2.25. The van der Waals surface area contributed by atoms with Gasteiger partial charge in [-0.1, -0.05) is 12.1 Å². The Hall–Kier alpha value is -2.47. The summed E-state index contributed by atoms with van der Waals surface area (Å²) in [5.74, 6) is -0.0945. The van der Waals surface area contributed by atoms with Crippen LogP contribution >= 0.6 is 12.2 Å². The molecule has 0 saturated heterocycles. The van der Waals surface area contributed by atoms with Crippen molar-refractivity contribution in [2.75, 3.05) is 17.2 Å². The van der Waals surface area contributed by atoms with E-state index in [4.69, 9.17) is 12.2 Å². The Morgan fingerprint density at radius 1 is 1.23 bits per heavy atom. The molecule has 26 heavy (non-hydrogen) atoms. The van der Waals surface area contributed by atoms with Gasteiger partial charge in [0.2, 0.25) is 0 Å². The Morgan fingerprint density at radius 3 is 2.65 bits per heavy atom. The monoisotopic (exact) mass is 396 g/mol. The predicted molar refractivity (Wildman–Crippen MR) is 87.2 cm³/mol. The van der Waals surface area contributed by atoms with Crippen LogP contribution in [-0.4, -0.2) is 34.3 Å². The molecule has 0 aliphatic rings. The van der Waals surface area contributed by atoms with Crippen LogP contribution in [0.25, 0.3) is 0 Å². The van der Waals surface area contributed by atoms with E-state index >= 15 is 0 Å². The first-order valence-electron chi connectivity index (χ1n) is 7.02. The summed E-state index contributed by atoms with van der Waals surface area (Å²) < 4.78 is 70.7. The molecule has 0 atom stereocenters. The number of hydrogen-bond donors (Lipinski definition) is 2. The van der Waals surface area contributed by atoms with Crippen molar-refractivity contribution < 1.29 is 31.4 Å². The molecule has 1 aromatic heterocycles. The van der Waals surface area contributed by atoms with Crippen LogP contribution in [-0.2, 0) is 11.5 Å². The summed E-state index contributed by atoms with van der Waals surface area (Å²) in [6.45, 7) is -4.78. The lowest BCUT2D eigenvalue weighted by atomic mass is 10.3. The number of thiocarbonyl (C=S) groups is 1. The Kier molecular flexibility index (Phi) is 6.69. The van der Waals surface area contributed by atoms with Gasteiger partial charge < -0.3 is 20.1 Å². The maximum atomic E-state index is 12.4. The van der Waals surface area contributed by atoms with Crippen molar-refractivity contribution in [2.24, 2.45) is 0 Å². The normalized spacial score (nSPS) is 11.5. The summed E-state index contributed by atoms with van der Waals surface area (Å²) in [5, 5.41) is 9.25. The highest BCUT2D eigenvalue weighted by atomic mass is 32.1. The fourth-order valence-corrected chi connectivity index (χ4v) is 2.03. The maximum Gasteiger partial charge on any atom is 0.411 e. The van der Waals surface area contributed by atoms with Crippen molar-refractivity contribution in [2.45, 2.75) is 19.5 Å². The van der Waals surface area contributed by atoms with Gasteiger partial charge in [0.15, 0.2) is 5.11 Å². The maximum absolute atomic E-state index is 12.4. The molecule has 0 radical (unpaired) electrons. The number of anilines is 2. The van der Waals surface area contributed by atoms with Gasteiger partial charge in [-0.05, 0) is 24.4 Å². The molecule has 142 valence electrons. The third-order valence-electron chi connectivity index (χ3n) is 2.73. The average Bonchev–Trinajstić information content (AvgIpc) is 2.94. The quantitative estimate of drug-likeness (QED) is 0.548. The Labute approximate surface area is 149 Å². The second kappa shape index (κ2) is 8.76. The van der Waals surface area contributed by atoms with E-state index in [1.165, 1.54) is 30.6 Å². The van der Waals surface area contributed by atoms with E-state index in [9.17, 15) is 22.0 Å². The molecule has 0 amide bonds. The highest BCUT2D eigenvalue weighted by Gasteiger charge is 2.27. The van der Waals surface area contributed by atoms with Crippen molar-refractivity contribution in [3.63, 3.8) is 0 Å². The summed E-state index contributed by atoms with van der Waals surface area (Å²) >= 11 is 5.05. The van der Waals surface area contributed by atoms with Crippen LogP contribution in [0.15, 0.2) is 36.7 Å². The molecule has 1 aromatic carbocycles. The first-order valence-corrected chi connectivity index (χ1v) is 7.42. The molecule has 2 aromatic rings. The SMILES string of the molecule is FC(F)Oc1ccccc1NC(=S)Nc1cnn(COCC(F)(F)F)c1. The molecular formula is C14H13F5N4O2S. The molecule has 0 unspecified atom stereocenters. The predicted octanol–water partition coefficient (Wildman–Crippen LogP) is 3.83.